The summed E-state index contributed by atoms with van der Waals surface area (Å²) in [6, 6.07) is 2.30. The van der Waals surface area contributed by atoms with Crippen molar-refractivity contribution in [3.63, 3.8) is 0 Å². The SMILES string of the molecule is [C-]#[N+]C(C)c1cc2c(s1)CCC2. The molecule has 2 heteroatoms. The molecule has 62 valence electrons. The van der Waals surface area contributed by atoms with Gasteiger partial charge in [0.05, 0.1) is 4.88 Å². The lowest BCUT2D eigenvalue weighted by atomic mass is 10.2. The average molecular weight is 177 g/mol. The van der Waals surface area contributed by atoms with Crippen molar-refractivity contribution in [3.8, 4) is 0 Å². The first-order valence-corrected chi connectivity index (χ1v) is 5.11. The third kappa shape index (κ3) is 1.15. The molecule has 1 heterocycles. The summed E-state index contributed by atoms with van der Waals surface area (Å²) in [4.78, 5) is 6.32. The normalized spacial score (nSPS) is 17.0. The predicted molar refractivity (Wildman–Crippen MR) is 51.4 cm³/mol. The van der Waals surface area contributed by atoms with Crippen LogP contribution in [0.2, 0.25) is 0 Å². The van der Waals surface area contributed by atoms with Crippen molar-refractivity contribution < 1.29 is 0 Å². The number of rotatable bonds is 1. The zero-order valence-electron chi connectivity index (χ0n) is 7.13. The minimum atomic E-state index is 0.0700. The van der Waals surface area contributed by atoms with E-state index in [4.69, 9.17) is 6.57 Å². The fourth-order valence-corrected chi connectivity index (χ4v) is 2.87. The van der Waals surface area contributed by atoms with Gasteiger partial charge < -0.3 is 4.85 Å². The molecular weight excluding hydrogens is 166 g/mol. The molecule has 0 radical (unpaired) electrons. The Balaban J connectivity index is 2.32. The van der Waals surface area contributed by atoms with Gasteiger partial charge in [0.1, 0.15) is 0 Å². The van der Waals surface area contributed by atoms with Crippen molar-refractivity contribution in [3.05, 3.63) is 32.8 Å². The number of thiophene rings is 1. The summed E-state index contributed by atoms with van der Waals surface area (Å²) in [5, 5.41) is 0. The van der Waals surface area contributed by atoms with Crippen LogP contribution in [0.15, 0.2) is 6.07 Å². The molecule has 1 nitrogen and oxygen atoms in total. The van der Waals surface area contributed by atoms with Gasteiger partial charge in [0, 0.05) is 11.8 Å². The Morgan fingerprint density at radius 2 is 2.42 bits per heavy atom. The highest BCUT2D eigenvalue weighted by Crippen LogP contribution is 2.34. The molecule has 1 aromatic rings. The largest absolute Gasteiger partial charge is 0.308 e. The molecular formula is C10H11NS. The van der Waals surface area contributed by atoms with Crippen LogP contribution < -0.4 is 0 Å². The van der Waals surface area contributed by atoms with Crippen LogP contribution in [0.4, 0.5) is 0 Å². The molecule has 0 N–H and O–H groups in total. The Morgan fingerprint density at radius 1 is 1.58 bits per heavy atom. The van der Waals surface area contributed by atoms with Crippen LogP contribution >= 0.6 is 11.3 Å². The highest BCUT2D eigenvalue weighted by molar-refractivity contribution is 7.12. The van der Waals surface area contributed by atoms with Crippen LogP contribution in [0.5, 0.6) is 0 Å². The van der Waals surface area contributed by atoms with Crippen molar-refractivity contribution in [2.24, 2.45) is 0 Å². The Morgan fingerprint density at radius 3 is 3.08 bits per heavy atom. The summed E-state index contributed by atoms with van der Waals surface area (Å²) < 4.78 is 0. The van der Waals surface area contributed by atoms with E-state index in [1.165, 1.54) is 34.6 Å². The molecule has 0 bridgehead atoms. The average Bonchev–Trinajstić information content (AvgIpc) is 2.60. The van der Waals surface area contributed by atoms with E-state index in [-0.39, 0.29) is 6.04 Å². The number of aryl methyl sites for hydroxylation is 2. The summed E-state index contributed by atoms with van der Waals surface area (Å²) in [7, 11) is 0. The van der Waals surface area contributed by atoms with E-state index >= 15 is 0 Å². The number of hydrogen-bond acceptors (Lipinski definition) is 1. The first-order chi connectivity index (χ1) is 5.81. The molecule has 2 rings (SSSR count). The van der Waals surface area contributed by atoms with Gasteiger partial charge in [-0.1, -0.05) is 0 Å². The zero-order valence-corrected chi connectivity index (χ0v) is 7.95. The molecule has 0 saturated heterocycles. The second-order valence-corrected chi connectivity index (χ2v) is 4.42. The molecule has 1 aliphatic carbocycles. The maximum atomic E-state index is 6.93. The molecule has 12 heavy (non-hydrogen) atoms. The van der Waals surface area contributed by atoms with Crippen LogP contribution in [0.25, 0.3) is 4.85 Å². The minimum Gasteiger partial charge on any atom is -0.308 e. The van der Waals surface area contributed by atoms with Crippen LogP contribution in [-0.4, -0.2) is 0 Å². The van der Waals surface area contributed by atoms with Gasteiger partial charge in [0.15, 0.2) is 0 Å². The molecule has 0 saturated carbocycles. The molecule has 0 spiro atoms. The van der Waals surface area contributed by atoms with Gasteiger partial charge in [0.25, 0.3) is 6.04 Å². The molecule has 0 aromatic carbocycles. The summed E-state index contributed by atoms with van der Waals surface area (Å²) in [6.45, 7) is 8.91. The van der Waals surface area contributed by atoms with E-state index in [0.717, 1.165) is 0 Å². The Labute approximate surface area is 76.9 Å². The smallest absolute Gasteiger partial charge is 0.254 e. The highest BCUT2D eigenvalue weighted by atomic mass is 32.1. The van der Waals surface area contributed by atoms with Crippen LogP contribution in [0, 0.1) is 6.57 Å². The van der Waals surface area contributed by atoms with Crippen LogP contribution in [0.1, 0.15) is 34.7 Å². The Kier molecular flexibility index (Phi) is 1.90. The van der Waals surface area contributed by atoms with Gasteiger partial charge in [-0.2, -0.15) is 0 Å². The zero-order chi connectivity index (χ0) is 8.55. The minimum absolute atomic E-state index is 0.0700. The number of hydrogen-bond donors (Lipinski definition) is 0. The fourth-order valence-electron chi connectivity index (χ4n) is 1.62. The second kappa shape index (κ2) is 2.91. The summed E-state index contributed by atoms with van der Waals surface area (Å²) in [5.41, 5.74) is 1.51. The van der Waals surface area contributed by atoms with Crippen molar-refractivity contribution in [2.45, 2.75) is 32.2 Å². The van der Waals surface area contributed by atoms with Crippen molar-refractivity contribution in [1.29, 1.82) is 0 Å². The lowest BCUT2D eigenvalue weighted by molar-refractivity contribution is 0.909. The standard InChI is InChI=1S/C10H11NS/c1-7(11-2)10-6-8-4-3-5-9(8)12-10/h6-7H,3-5H2,1H3. The monoisotopic (exact) mass is 177 g/mol. The van der Waals surface area contributed by atoms with Gasteiger partial charge in [-0.05, 0) is 30.9 Å². The van der Waals surface area contributed by atoms with E-state index in [1.807, 2.05) is 18.3 Å². The van der Waals surface area contributed by atoms with E-state index in [2.05, 4.69) is 10.9 Å². The predicted octanol–water partition coefficient (Wildman–Crippen LogP) is 3.22. The molecule has 1 unspecified atom stereocenters. The fraction of sp³-hybridized carbons (Fsp3) is 0.500. The van der Waals surface area contributed by atoms with E-state index in [0.29, 0.717) is 0 Å². The van der Waals surface area contributed by atoms with Crippen molar-refractivity contribution >= 4 is 11.3 Å². The topological polar surface area (TPSA) is 4.36 Å². The summed E-state index contributed by atoms with van der Waals surface area (Å²) in [6.07, 6.45) is 3.79. The molecule has 0 amide bonds. The molecule has 1 atom stereocenters. The maximum absolute atomic E-state index is 6.93. The van der Waals surface area contributed by atoms with Gasteiger partial charge in [0.2, 0.25) is 0 Å². The summed E-state index contributed by atoms with van der Waals surface area (Å²) >= 11 is 1.84. The van der Waals surface area contributed by atoms with E-state index < -0.39 is 0 Å². The lowest BCUT2D eigenvalue weighted by Gasteiger charge is -1.92. The maximum Gasteiger partial charge on any atom is 0.254 e. The van der Waals surface area contributed by atoms with Crippen LogP contribution in [0.3, 0.4) is 0 Å². The Hall–Kier alpha value is -0.810. The Bertz CT molecular complexity index is 311. The van der Waals surface area contributed by atoms with Gasteiger partial charge in [-0.3, -0.25) is 0 Å². The van der Waals surface area contributed by atoms with E-state index in [1.54, 1.807) is 0 Å². The highest BCUT2D eigenvalue weighted by Gasteiger charge is 2.19. The molecule has 0 aliphatic heterocycles. The summed E-state index contributed by atoms with van der Waals surface area (Å²) in [5.74, 6) is 0. The molecule has 1 aliphatic rings. The first-order valence-electron chi connectivity index (χ1n) is 4.29. The third-order valence-electron chi connectivity index (χ3n) is 2.37. The van der Waals surface area contributed by atoms with Gasteiger partial charge in [-0.15, -0.1) is 11.3 Å². The first kappa shape index (κ1) is 7.82. The number of nitrogens with zero attached hydrogens (tertiary/aromatic N) is 1. The van der Waals surface area contributed by atoms with Gasteiger partial charge >= 0.3 is 0 Å². The quantitative estimate of drug-likeness (QED) is 0.580. The molecule has 1 aromatic heterocycles. The number of fused-ring (bicyclic) bond motifs is 1. The second-order valence-electron chi connectivity index (χ2n) is 3.26. The van der Waals surface area contributed by atoms with Gasteiger partial charge in [-0.25, -0.2) is 6.57 Å². The lowest BCUT2D eigenvalue weighted by Crippen LogP contribution is -1.80. The van der Waals surface area contributed by atoms with Crippen LogP contribution in [-0.2, 0) is 12.8 Å². The van der Waals surface area contributed by atoms with Crippen molar-refractivity contribution in [1.82, 2.24) is 0 Å². The van der Waals surface area contributed by atoms with E-state index in [9.17, 15) is 0 Å². The van der Waals surface area contributed by atoms with Crippen molar-refractivity contribution in [2.75, 3.05) is 0 Å². The third-order valence-corrected chi connectivity index (χ3v) is 3.78. The molecule has 0 fully saturated rings.